The van der Waals surface area contributed by atoms with Gasteiger partial charge in [-0.1, -0.05) is 49.6 Å². The fourth-order valence-corrected chi connectivity index (χ4v) is 2.85. The number of nitrogens with zero attached hydrogens (tertiary/aromatic N) is 4. The Bertz CT molecular complexity index is 832. The number of hydrogen-bond donors (Lipinski definition) is 0. The van der Waals surface area contributed by atoms with Crippen molar-refractivity contribution in [1.29, 1.82) is 0 Å². The molecule has 6 nitrogen and oxygen atoms in total. The van der Waals surface area contributed by atoms with E-state index in [4.69, 9.17) is 0 Å². The first-order chi connectivity index (χ1) is 12.7. The molecule has 0 amide bonds. The summed E-state index contributed by atoms with van der Waals surface area (Å²) in [5.74, 6) is 3.08. The summed E-state index contributed by atoms with van der Waals surface area (Å²) in [5.41, 5.74) is 2.03. The van der Waals surface area contributed by atoms with Gasteiger partial charge in [-0.25, -0.2) is 4.99 Å². The van der Waals surface area contributed by atoms with Crippen LogP contribution in [0.25, 0.3) is 5.70 Å². The largest absolute Gasteiger partial charge is 0.269 e. The van der Waals surface area contributed by atoms with E-state index in [1.807, 2.05) is 30.3 Å². The van der Waals surface area contributed by atoms with Crippen molar-refractivity contribution in [3.8, 4) is 0 Å². The van der Waals surface area contributed by atoms with Crippen LogP contribution in [0.2, 0.25) is 0 Å². The van der Waals surface area contributed by atoms with Gasteiger partial charge in [-0.05, 0) is 25.0 Å². The molecular weight excluding hydrogens is 328 g/mol. The fourth-order valence-electron chi connectivity index (χ4n) is 2.85. The molecule has 1 aliphatic rings. The van der Waals surface area contributed by atoms with E-state index in [9.17, 15) is 10.1 Å². The zero-order valence-corrected chi connectivity index (χ0v) is 14.4. The first-order valence-corrected chi connectivity index (χ1v) is 8.77. The van der Waals surface area contributed by atoms with E-state index in [-0.39, 0.29) is 5.69 Å². The second-order valence-electron chi connectivity index (χ2n) is 6.22. The average molecular weight is 348 g/mol. The van der Waals surface area contributed by atoms with Gasteiger partial charge in [0.05, 0.1) is 16.7 Å². The zero-order chi connectivity index (χ0) is 18.2. The van der Waals surface area contributed by atoms with Crippen molar-refractivity contribution in [2.45, 2.75) is 38.1 Å². The molecule has 0 saturated heterocycles. The first kappa shape index (κ1) is 17.7. The molecule has 0 heterocycles. The van der Waals surface area contributed by atoms with Gasteiger partial charge < -0.3 is 0 Å². The standard InChI is InChI=1S/C20H20N4O2/c25-24(26)19-13-11-18(12-14-19)22-23-20(16-7-3-1-4-8-16)15-21-17-9-5-2-6-10-17/h1,3-4,7-8,11-14,17H,2,5-6,9-10H2. The molecule has 1 aliphatic carbocycles. The lowest BCUT2D eigenvalue weighted by atomic mass is 9.96. The van der Waals surface area contributed by atoms with Crippen LogP contribution in [0.3, 0.4) is 0 Å². The Balaban J connectivity index is 1.85. The predicted molar refractivity (Wildman–Crippen MR) is 102 cm³/mol. The second kappa shape index (κ2) is 8.83. The van der Waals surface area contributed by atoms with Gasteiger partial charge in [-0.15, -0.1) is 10.2 Å². The summed E-state index contributed by atoms with van der Waals surface area (Å²) >= 11 is 0. The molecule has 2 aromatic rings. The van der Waals surface area contributed by atoms with Crippen molar-refractivity contribution in [2.24, 2.45) is 15.2 Å². The smallest absolute Gasteiger partial charge is 0.258 e. The minimum absolute atomic E-state index is 0.0293. The number of azo groups is 1. The van der Waals surface area contributed by atoms with E-state index in [2.05, 4.69) is 21.1 Å². The summed E-state index contributed by atoms with van der Waals surface area (Å²) in [4.78, 5) is 14.9. The lowest BCUT2D eigenvalue weighted by Gasteiger charge is -2.15. The van der Waals surface area contributed by atoms with E-state index in [0.717, 1.165) is 18.4 Å². The summed E-state index contributed by atoms with van der Waals surface area (Å²) in [7, 11) is 0. The fraction of sp³-hybridized carbons (Fsp3) is 0.300. The van der Waals surface area contributed by atoms with Crippen LogP contribution >= 0.6 is 0 Å². The number of non-ortho nitro benzene ring substituents is 1. The van der Waals surface area contributed by atoms with Crippen LogP contribution in [0.1, 0.15) is 37.7 Å². The molecule has 3 rings (SSSR count). The molecular formula is C20H20N4O2. The molecule has 1 saturated carbocycles. The number of benzene rings is 2. The Labute approximate surface area is 152 Å². The first-order valence-electron chi connectivity index (χ1n) is 8.77. The van der Waals surface area contributed by atoms with Crippen LogP contribution in [0.15, 0.2) is 69.8 Å². The Hall–Kier alpha value is -3.11. The van der Waals surface area contributed by atoms with Crippen molar-refractivity contribution in [2.75, 3.05) is 0 Å². The topological polar surface area (TPSA) is 80.2 Å². The van der Waals surface area contributed by atoms with Crippen LogP contribution in [0, 0.1) is 10.1 Å². The summed E-state index contributed by atoms with van der Waals surface area (Å²) < 4.78 is 0. The van der Waals surface area contributed by atoms with Gasteiger partial charge in [-0.2, -0.15) is 0 Å². The van der Waals surface area contributed by atoms with Crippen LogP contribution in [-0.2, 0) is 0 Å². The van der Waals surface area contributed by atoms with Crippen molar-refractivity contribution >= 4 is 22.9 Å². The third-order valence-electron chi connectivity index (χ3n) is 4.30. The van der Waals surface area contributed by atoms with E-state index >= 15 is 0 Å². The molecule has 132 valence electrons. The molecule has 0 spiro atoms. The summed E-state index contributed by atoms with van der Waals surface area (Å²) in [6.45, 7) is 0. The molecule has 2 aromatic carbocycles. The Kier molecular flexibility index (Phi) is 6.01. The second-order valence-corrected chi connectivity index (χ2v) is 6.22. The van der Waals surface area contributed by atoms with E-state index in [1.165, 1.54) is 31.4 Å². The maximum absolute atomic E-state index is 10.7. The third-order valence-corrected chi connectivity index (χ3v) is 4.30. The average Bonchev–Trinajstić information content (AvgIpc) is 2.70. The molecule has 1 fully saturated rings. The van der Waals surface area contributed by atoms with Gasteiger partial charge in [0.2, 0.25) is 0 Å². The monoisotopic (exact) mass is 348 g/mol. The van der Waals surface area contributed by atoms with E-state index < -0.39 is 4.92 Å². The molecule has 0 aromatic heterocycles. The van der Waals surface area contributed by atoms with E-state index in [1.54, 1.807) is 12.1 Å². The maximum Gasteiger partial charge on any atom is 0.269 e. The molecule has 0 N–H and O–H groups in total. The number of rotatable bonds is 5. The van der Waals surface area contributed by atoms with Crippen molar-refractivity contribution in [3.63, 3.8) is 0 Å². The Morgan fingerprint density at radius 3 is 2.35 bits per heavy atom. The van der Waals surface area contributed by atoms with Crippen LogP contribution in [0.4, 0.5) is 11.4 Å². The SMILES string of the molecule is O=[N+]([O-])c1ccc(N=NC(=C=NC2CCCCC2)c2ccccc2)cc1. The number of aliphatic imine (C=N–C) groups is 1. The van der Waals surface area contributed by atoms with Crippen LogP contribution in [0.5, 0.6) is 0 Å². The Morgan fingerprint density at radius 1 is 1.00 bits per heavy atom. The van der Waals surface area contributed by atoms with Gasteiger partial charge in [-0.3, -0.25) is 10.1 Å². The van der Waals surface area contributed by atoms with Crippen molar-refractivity contribution < 1.29 is 4.92 Å². The van der Waals surface area contributed by atoms with Crippen LogP contribution < -0.4 is 0 Å². The minimum atomic E-state index is -0.437. The quantitative estimate of drug-likeness (QED) is 0.299. The van der Waals surface area contributed by atoms with Crippen molar-refractivity contribution in [3.05, 3.63) is 70.3 Å². The predicted octanol–water partition coefficient (Wildman–Crippen LogP) is 5.72. The van der Waals surface area contributed by atoms with Gasteiger partial charge in [0.15, 0.2) is 5.70 Å². The minimum Gasteiger partial charge on any atom is -0.258 e. The highest BCUT2D eigenvalue weighted by molar-refractivity contribution is 5.89. The van der Waals surface area contributed by atoms with E-state index in [0.29, 0.717) is 17.4 Å². The zero-order valence-electron chi connectivity index (χ0n) is 14.4. The van der Waals surface area contributed by atoms with Gasteiger partial charge in [0.25, 0.3) is 5.69 Å². The highest BCUT2D eigenvalue weighted by atomic mass is 16.6. The van der Waals surface area contributed by atoms with Crippen LogP contribution in [-0.4, -0.2) is 16.8 Å². The number of hydrogen-bond acceptors (Lipinski definition) is 5. The molecule has 0 unspecified atom stereocenters. The molecule has 0 radical (unpaired) electrons. The number of nitro groups is 1. The molecule has 6 heteroatoms. The third kappa shape index (κ3) is 4.94. The summed E-state index contributed by atoms with van der Waals surface area (Å²) in [6, 6.07) is 15.9. The molecule has 0 atom stereocenters. The van der Waals surface area contributed by atoms with Gasteiger partial charge in [0, 0.05) is 23.6 Å². The number of nitro benzene ring substituents is 1. The molecule has 26 heavy (non-hydrogen) atoms. The molecule has 0 aliphatic heterocycles. The normalized spacial score (nSPS) is 14.8. The molecule has 0 bridgehead atoms. The van der Waals surface area contributed by atoms with Gasteiger partial charge >= 0.3 is 0 Å². The Morgan fingerprint density at radius 2 is 1.69 bits per heavy atom. The lowest BCUT2D eigenvalue weighted by molar-refractivity contribution is -0.384. The maximum atomic E-state index is 10.7. The highest BCUT2D eigenvalue weighted by Gasteiger charge is 2.11. The summed E-state index contributed by atoms with van der Waals surface area (Å²) in [6.07, 6.45) is 5.88. The van der Waals surface area contributed by atoms with Gasteiger partial charge in [0.1, 0.15) is 0 Å². The lowest BCUT2D eigenvalue weighted by Crippen LogP contribution is -2.08. The highest BCUT2D eigenvalue weighted by Crippen LogP contribution is 2.22. The summed E-state index contributed by atoms with van der Waals surface area (Å²) in [5, 5.41) is 19.2. The van der Waals surface area contributed by atoms with Crippen molar-refractivity contribution in [1.82, 2.24) is 0 Å².